The van der Waals surface area contributed by atoms with Crippen LogP contribution in [-0.4, -0.2) is 8.96 Å². The Morgan fingerprint density at radius 3 is 2.76 bits per heavy atom. The van der Waals surface area contributed by atoms with Crippen LogP contribution < -0.4 is 0 Å². The third kappa shape index (κ3) is 4.35. The molecule has 0 amide bonds. The summed E-state index contributed by atoms with van der Waals surface area (Å²) < 4.78 is 3.21. The first kappa shape index (κ1) is 17.8. The molecule has 2 aromatic heterocycles. The van der Waals surface area contributed by atoms with E-state index in [0.717, 1.165) is 20.4 Å². The van der Waals surface area contributed by atoms with E-state index in [2.05, 4.69) is 50.5 Å². The molecule has 0 fully saturated rings. The maximum Gasteiger partial charge on any atom is 0.151 e. The molecule has 4 heteroatoms. The van der Waals surface area contributed by atoms with Gasteiger partial charge in [-0.25, -0.2) is 4.98 Å². The van der Waals surface area contributed by atoms with E-state index in [9.17, 15) is 0 Å². The fraction of sp³-hybridized carbons (Fsp3) is 0.235. The van der Waals surface area contributed by atoms with Crippen molar-refractivity contribution in [2.75, 3.05) is 0 Å². The number of hydrogen-bond donors (Lipinski definition) is 0. The topological polar surface area (TPSA) is 17.8 Å². The second-order valence-electron chi connectivity index (χ2n) is 3.99. The van der Waals surface area contributed by atoms with E-state index >= 15 is 0 Å². The molecule has 2 heterocycles. The molecule has 2 nitrogen and oxygen atoms in total. The normalized spacial score (nSPS) is 11.6. The van der Waals surface area contributed by atoms with E-state index in [-0.39, 0.29) is 0 Å². The van der Waals surface area contributed by atoms with Crippen molar-refractivity contribution in [3.05, 3.63) is 64.3 Å². The lowest BCUT2D eigenvalue weighted by molar-refractivity contribution is 1.18. The first-order valence-corrected chi connectivity index (χ1v) is 8.50. The molecule has 21 heavy (non-hydrogen) atoms. The number of allylic oxidation sites excluding steroid dienone is 4. The van der Waals surface area contributed by atoms with Gasteiger partial charge in [0.2, 0.25) is 0 Å². The Bertz CT molecular complexity index is 669. The zero-order valence-corrected chi connectivity index (χ0v) is 15.3. The number of nitrogens with zero attached hydrogens (tertiary/aromatic N) is 2. The fourth-order valence-corrected chi connectivity index (χ4v) is 3.03. The van der Waals surface area contributed by atoms with E-state index in [0.29, 0.717) is 0 Å². The summed E-state index contributed by atoms with van der Waals surface area (Å²) in [4.78, 5) is 5.63. The van der Waals surface area contributed by atoms with Gasteiger partial charge in [-0.15, -0.1) is 0 Å². The summed E-state index contributed by atoms with van der Waals surface area (Å²) in [7, 11) is 0. The van der Waals surface area contributed by atoms with Crippen LogP contribution in [0.15, 0.2) is 58.6 Å². The minimum absolute atomic E-state index is 0.975. The molecular weight excluding hydrogens is 344 g/mol. The minimum Gasteiger partial charge on any atom is -0.268 e. The Kier molecular flexibility index (Phi) is 7.54. The monoisotopic (exact) mass is 364 g/mol. The predicted molar refractivity (Wildman–Crippen MR) is 99.6 cm³/mol. The van der Waals surface area contributed by atoms with Gasteiger partial charge in [-0.1, -0.05) is 38.7 Å². The summed E-state index contributed by atoms with van der Waals surface area (Å²) >= 11 is 5.23. The lowest BCUT2D eigenvalue weighted by atomic mass is 10.3. The van der Waals surface area contributed by atoms with Crippen molar-refractivity contribution in [3.63, 3.8) is 0 Å². The minimum atomic E-state index is 0.975. The second-order valence-corrected chi connectivity index (χ2v) is 5.86. The highest BCUT2D eigenvalue weighted by atomic mass is 79.9. The van der Waals surface area contributed by atoms with Crippen molar-refractivity contribution in [2.24, 2.45) is 0 Å². The molecule has 0 aliphatic carbocycles. The molecule has 0 radical (unpaired) electrons. The van der Waals surface area contributed by atoms with E-state index in [1.54, 1.807) is 18.0 Å². The molecule has 0 saturated carbocycles. The lowest BCUT2D eigenvalue weighted by Crippen LogP contribution is -1.91. The SMILES string of the molecule is C=C/C=C\C(=C/C)Sn1c(C)cc2c(Br)ccnc21.CC. The Labute approximate surface area is 139 Å². The van der Waals surface area contributed by atoms with E-state index in [4.69, 9.17) is 0 Å². The molecule has 2 rings (SSSR count). The van der Waals surface area contributed by atoms with Gasteiger partial charge in [-0.3, -0.25) is 3.97 Å². The third-order valence-corrected chi connectivity index (χ3v) is 4.58. The van der Waals surface area contributed by atoms with Crippen LogP contribution in [0.2, 0.25) is 0 Å². The van der Waals surface area contributed by atoms with Gasteiger partial charge in [0.15, 0.2) is 5.65 Å². The lowest BCUT2D eigenvalue weighted by Gasteiger charge is -2.06. The van der Waals surface area contributed by atoms with Crippen LogP contribution in [0, 0.1) is 6.92 Å². The van der Waals surface area contributed by atoms with Gasteiger partial charge in [0.05, 0.1) is 0 Å². The van der Waals surface area contributed by atoms with Gasteiger partial charge in [0.1, 0.15) is 0 Å². The number of hydrogen-bond acceptors (Lipinski definition) is 2. The molecule has 0 unspecified atom stereocenters. The van der Waals surface area contributed by atoms with Gasteiger partial charge in [-0.05, 0) is 59.9 Å². The summed E-state index contributed by atoms with van der Waals surface area (Å²) in [6, 6.07) is 4.11. The van der Waals surface area contributed by atoms with Crippen molar-refractivity contribution >= 4 is 38.9 Å². The number of fused-ring (bicyclic) bond motifs is 1. The molecule has 0 saturated heterocycles. The molecule has 0 aliphatic heterocycles. The largest absolute Gasteiger partial charge is 0.268 e. The van der Waals surface area contributed by atoms with Crippen LogP contribution in [0.25, 0.3) is 11.0 Å². The van der Waals surface area contributed by atoms with Crippen LogP contribution in [0.5, 0.6) is 0 Å². The maximum atomic E-state index is 4.47. The zero-order valence-electron chi connectivity index (χ0n) is 12.9. The molecule has 112 valence electrons. The standard InChI is InChI=1S/C15H15BrN2S.C2H6/c1-4-6-7-12(5-2)19-18-11(3)10-13-14(16)8-9-17-15(13)18;1-2/h4-10H,1H2,2-3H3;1-2H3/b7-6-,12-5+;. The summed E-state index contributed by atoms with van der Waals surface area (Å²) in [5, 5.41) is 1.13. The quantitative estimate of drug-likeness (QED) is 0.594. The summed E-state index contributed by atoms with van der Waals surface area (Å²) in [6.45, 7) is 11.8. The highest BCUT2D eigenvalue weighted by Gasteiger charge is 2.10. The molecule has 0 N–H and O–H groups in total. The zero-order chi connectivity index (χ0) is 15.8. The first-order chi connectivity index (χ1) is 10.2. The third-order valence-electron chi connectivity index (χ3n) is 2.66. The van der Waals surface area contributed by atoms with Gasteiger partial charge in [-0.2, -0.15) is 0 Å². The number of pyridine rings is 1. The molecule has 0 aliphatic rings. The van der Waals surface area contributed by atoms with Gasteiger partial charge < -0.3 is 0 Å². The average Bonchev–Trinajstić information content (AvgIpc) is 2.83. The Morgan fingerprint density at radius 2 is 2.14 bits per heavy atom. The first-order valence-electron chi connectivity index (χ1n) is 6.93. The number of aromatic nitrogens is 2. The molecule has 0 atom stereocenters. The van der Waals surface area contributed by atoms with Crippen molar-refractivity contribution in [2.45, 2.75) is 27.7 Å². The summed E-state index contributed by atoms with van der Waals surface area (Å²) in [5.74, 6) is 0. The predicted octanol–water partition coefficient (Wildman–Crippen LogP) is 6.28. The van der Waals surface area contributed by atoms with Gasteiger partial charge >= 0.3 is 0 Å². The molecule has 0 spiro atoms. The van der Waals surface area contributed by atoms with E-state index in [1.165, 1.54) is 5.69 Å². The Balaban J connectivity index is 0.00000106. The Hall–Kier alpha value is -1.26. The van der Waals surface area contributed by atoms with Crippen LogP contribution in [0.3, 0.4) is 0 Å². The van der Waals surface area contributed by atoms with Crippen molar-refractivity contribution in [3.8, 4) is 0 Å². The van der Waals surface area contributed by atoms with E-state index < -0.39 is 0 Å². The van der Waals surface area contributed by atoms with Crippen LogP contribution in [-0.2, 0) is 0 Å². The summed E-state index contributed by atoms with van der Waals surface area (Å²) in [6.07, 6.45) is 9.65. The van der Waals surface area contributed by atoms with Gasteiger partial charge in [0, 0.05) is 26.7 Å². The molecule has 2 aromatic rings. The highest BCUT2D eigenvalue weighted by Crippen LogP contribution is 2.31. The van der Waals surface area contributed by atoms with Gasteiger partial charge in [0.25, 0.3) is 0 Å². The fourth-order valence-electron chi connectivity index (χ4n) is 1.73. The van der Waals surface area contributed by atoms with Crippen molar-refractivity contribution in [1.82, 2.24) is 8.96 Å². The number of halogens is 1. The number of rotatable bonds is 4. The molecular formula is C17H21BrN2S. The molecule has 0 bridgehead atoms. The number of aryl methyl sites for hydroxylation is 1. The van der Waals surface area contributed by atoms with Crippen LogP contribution >= 0.6 is 27.9 Å². The average molecular weight is 365 g/mol. The second kappa shape index (κ2) is 8.90. The molecule has 0 aromatic carbocycles. The Morgan fingerprint density at radius 1 is 1.43 bits per heavy atom. The van der Waals surface area contributed by atoms with E-state index in [1.807, 2.05) is 45.2 Å². The van der Waals surface area contributed by atoms with Crippen molar-refractivity contribution < 1.29 is 0 Å². The van der Waals surface area contributed by atoms with Crippen LogP contribution in [0.4, 0.5) is 0 Å². The van der Waals surface area contributed by atoms with Crippen molar-refractivity contribution in [1.29, 1.82) is 0 Å². The smallest absolute Gasteiger partial charge is 0.151 e. The summed E-state index contributed by atoms with van der Waals surface area (Å²) in [5.41, 5.74) is 2.15. The maximum absolute atomic E-state index is 4.47. The highest BCUT2D eigenvalue weighted by molar-refractivity contribution is 9.10. The van der Waals surface area contributed by atoms with Crippen LogP contribution in [0.1, 0.15) is 26.5 Å².